The van der Waals surface area contributed by atoms with E-state index in [4.69, 9.17) is 10.9 Å². The van der Waals surface area contributed by atoms with Gasteiger partial charge >= 0.3 is 0 Å². The zero-order chi connectivity index (χ0) is 12.5. The largest absolute Gasteiger partial charge is 0.481 e. The number of nitrogens with two attached hydrogens (primary N) is 2. The molecule has 0 fully saturated rings. The van der Waals surface area contributed by atoms with Crippen LogP contribution in [0.2, 0.25) is 0 Å². The van der Waals surface area contributed by atoms with E-state index >= 15 is 0 Å². The predicted octanol–water partition coefficient (Wildman–Crippen LogP) is 0.257. The van der Waals surface area contributed by atoms with E-state index in [0.29, 0.717) is 0 Å². The summed E-state index contributed by atoms with van der Waals surface area (Å²) in [5.74, 6) is -0.520. The molecule has 0 spiro atoms. The highest BCUT2D eigenvalue weighted by Gasteiger charge is 2.28. The van der Waals surface area contributed by atoms with Crippen LogP contribution in [0.5, 0.6) is 5.88 Å². The van der Waals surface area contributed by atoms with Crippen molar-refractivity contribution < 1.29 is 21.9 Å². The Morgan fingerprint density at radius 2 is 2.06 bits per heavy atom. The van der Waals surface area contributed by atoms with Crippen molar-refractivity contribution in [3.05, 3.63) is 11.8 Å². The molecule has 0 aliphatic heterocycles. The second-order valence-electron chi connectivity index (χ2n) is 2.81. The van der Waals surface area contributed by atoms with E-state index in [2.05, 4.69) is 9.72 Å². The Labute approximate surface area is 90.3 Å². The van der Waals surface area contributed by atoms with E-state index in [0.717, 1.165) is 13.3 Å². The van der Waals surface area contributed by atoms with Gasteiger partial charge in [0.1, 0.15) is 10.5 Å². The summed E-state index contributed by atoms with van der Waals surface area (Å²) in [6.45, 7) is 0. The number of pyridine rings is 1. The van der Waals surface area contributed by atoms with Crippen molar-refractivity contribution in [1.29, 1.82) is 0 Å². The zero-order valence-corrected chi connectivity index (χ0v) is 8.96. The molecular weight excluding hydrogens is 244 g/mol. The van der Waals surface area contributed by atoms with Gasteiger partial charge in [-0.1, -0.05) is 0 Å². The molecule has 90 valence electrons. The zero-order valence-electron chi connectivity index (χ0n) is 8.15. The van der Waals surface area contributed by atoms with Crippen molar-refractivity contribution in [3.63, 3.8) is 0 Å². The van der Waals surface area contributed by atoms with Gasteiger partial charge in [-0.2, -0.15) is 0 Å². The van der Waals surface area contributed by atoms with Crippen LogP contribution in [0, 0.1) is 0 Å². The lowest BCUT2D eigenvalue weighted by Gasteiger charge is -2.12. The minimum atomic E-state index is -4.37. The number of sulfonamides is 1. The molecule has 0 radical (unpaired) electrons. The minimum absolute atomic E-state index is 0.446. The fourth-order valence-corrected chi connectivity index (χ4v) is 2.05. The molecule has 0 saturated heterocycles. The summed E-state index contributed by atoms with van der Waals surface area (Å²) >= 11 is 0. The van der Waals surface area contributed by atoms with Gasteiger partial charge in [0.2, 0.25) is 15.9 Å². The number of nitrogens with zero attached hydrogens (tertiary/aromatic N) is 1. The molecule has 0 unspecified atom stereocenters. The Hall–Kier alpha value is -1.48. The smallest absolute Gasteiger partial charge is 0.270 e. The monoisotopic (exact) mass is 253 g/mol. The lowest BCUT2D eigenvalue weighted by molar-refractivity contribution is 0.142. The molecule has 1 aromatic rings. The first-order valence-electron chi connectivity index (χ1n) is 3.92. The second kappa shape index (κ2) is 4.18. The van der Waals surface area contributed by atoms with E-state index in [1.165, 1.54) is 0 Å². The van der Waals surface area contributed by atoms with Gasteiger partial charge in [-0.05, 0) is 0 Å². The molecule has 0 aliphatic carbocycles. The number of ether oxygens (including phenoxy) is 1. The Morgan fingerprint density at radius 1 is 1.50 bits per heavy atom. The van der Waals surface area contributed by atoms with Crippen LogP contribution in [0.4, 0.5) is 14.5 Å². The molecule has 9 heteroatoms. The van der Waals surface area contributed by atoms with Crippen molar-refractivity contribution in [2.45, 2.75) is 11.3 Å². The molecule has 16 heavy (non-hydrogen) atoms. The van der Waals surface area contributed by atoms with E-state index in [1.54, 1.807) is 0 Å². The standard InChI is InChI=1S/C7H9F2N3O3S/c1-15-7-4(6(8)9)5(16(11,13)14)3(10)2-12-7/h2,6H,10H2,1H3,(H2,11,13,14). The first-order chi connectivity index (χ1) is 7.29. The molecule has 4 N–H and O–H groups in total. The van der Waals surface area contributed by atoms with Gasteiger partial charge in [0.15, 0.2) is 0 Å². The van der Waals surface area contributed by atoms with Crippen LogP contribution < -0.4 is 15.6 Å². The van der Waals surface area contributed by atoms with E-state index in [1.807, 2.05) is 0 Å². The predicted molar refractivity (Wildman–Crippen MR) is 51.5 cm³/mol. The van der Waals surface area contributed by atoms with Gasteiger partial charge in [0, 0.05) is 0 Å². The van der Waals surface area contributed by atoms with Gasteiger partial charge in [0.25, 0.3) is 6.43 Å². The number of hydrogen-bond donors (Lipinski definition) is 2. The summed E-state index contributed by atoms with van der Waals surface area (Å²) in [7, 11) is -3.29. The van der Waals surface area contributed by atoms with Crippen molar-refractivity contribution in [2.75, 3.05) is 12.8 Å². The number of methoxy groups -OCH3 is 1. The first-order valence-corrected chi connectivity index (χ1v) is 5.47. The third-order valence-electron chi connectivity index (χ3n) is 1.75. The van der Waals surface area contributed by atoms with Crippen LogP contribution in [0.25, 0.3) is 0 Å². The first kappa shape index (κ1) is 12.6. The van der Waals surface area contributed by atoms with Gasteiger partial charge in [-0.15, -0.1) is 0 Å². The Bertz CT molecular complexity index is 504. The third kappa shape index (κ3) is 2.19. The molecule has 0 aliphatic rings. The van der Waals surface area contributed by atoms with Crippen molar-refractivity contribution >= 4 is 15.7 Å². The molecular formula is C7H9F2N3O3S. The molecule has 0 amide bonds. The topological polar surface area (TPSA) is 108 Å². The van der Waals surface area contributed by atoms with E-state index in [9.17, 15) is 17.2 Å². The van der Waals surface area contributed by atoms with E-state index < -0.39 is 38.5 Å². The maximum absolute atomic E-state index is 12.7. The van der Waals surface area contributed by atoms with Crippen LogP contribution in [0.15, 0.2) is 11.1 Å². The fourth-order valence-electron chi connectivity index (χ4n) is 1.18. The normalized spacial score (nSPS) is 11.8. The average Bonchev–Trinajstić information content (AvgIpc) is 2.15. The maximum atomic E-state index is 12.7. The van der Waals surface area contributed by atoms with Gasteiger partial charge < -0.3 is 10.5 Å². The van der Waals surface area contributed by atoms with Crippen molar-refractivity contribution in [2.24, 2.45) is 5.14 Å². The summed E-state index contributed by atoms with van der Waals surface area (Å²) in [4.78, 5) is 2.59. The van der Waals surface area contributed by atoms with Crippen molar-refractivity contribution in [3.8, 4) is 5.88 Å². The number of rotatable bonds is 3. The Balaban J connectivity index is 3.69. The van der Waals surface area contributed by atoms with E-state index in [-0.39, 0.29) is 0 Å². The maximum Gasteiger partial charge on any atom is 0.270 e. The van der Waals surface area contributed by atoms with Crippen LogP contribution in [0.3, 0.4) is 0 Å². The van der Waals surface area contributed by atoms with Crippen LogP contribution in [0.1, 0.15) is 12.0 Å². The lowest BCUT2D eigenvalue weighted by Crippen LogP contribution is -2.18. The second-order valence-corrected chi connectivity index (χ2v) is 4.31. The summed E-state index contributed by atoms with van der Waals surface area (Å²) in [5, 5.41) is 4.80. The molecule has 0 atom stereocenters. The number of halogens is 2. The Kier molecular flexibility index (Phi) is 3.29. The van der Waals surface area contributed by atoms with Crippen LogP contribution >= 0.6 is 0 Å². The molecule has 0 bridgehead atoms. The molecule has 1 rings (SSSR count). The van der Waals surface area contributed by atoms with Gasteiger partial charge in [0.05, 0.1) is 19.0 Å². The number of hydrogen-bond acceptors (Lipinski definition) is 5. The van der Waals surface area contributed by atoms with Crippen LogP contribution in [-0.2, 0) is 10.0 Å². The molecule has 0 saturated carbocycles. The number of anilines is 1. The number of nitrogen functional groups attached to an aromatic ring is 1. The van der Waals surface area contributed by atoms with Crippen LogP contribution in [-0.4, -0.2) is 20.5 Å². The molecule has 6 nitrogen and oxygen atoms in total. The Morgan fingerprint density at radius 3 is 2.44 bits per heavy atom. The summed E-state index contributed by atoms with van der Waals surface area (Å²) in [6, 6.07) is 0. The quantitative estimate of drug-likeness (QED) is 0.803. The lowest BCUT2D eigenvalue weighted by atomic mass is 10.2. The SMILES string of the molecule is COc1ncc(N)c(S(N)(=O)=O)c1C(F)F. The van der Waals surface area contributed by atoms with Crippen molar-refractivity contribution in [1.82, 2.24) is 4.98 Å². The fraction of sp³-hybridized carbons (Fsp3) is 0.286. The third-order valence-corrected chi connectivity index (χ3v) is 2.78. The number of aromatic nitrogens is 1. The highest BCUT2D eigenvalue weighted by Crippen LogP contribution is 2.35. The summed E-state index contributed by atoms with van der Waals surface area (Å²) in [5.41, 5.74) is 3.89. The van der Waals surface area contributed by atoms with Gasteiger partial charge in [-0.25, -0.2) is 27.3 Å². The number of alkyl halides is 2. The van der Waals surface area contributed by atoms with Gasteiger partial charge in [-0.3, -0.25) is 0 Å². The molecule has 1 heterocycles. The summed E-state index contributed by atoms with van der Waals surface area (Å²) in [6.07, 6.45) is -2.22. The summed E-state index contributed by atoms with van der Waals surface area (Å²) < 4.78 is 52.2. The minimum Gasteiger partial charge on any atom is -0.481 e. The molecule has 0 aromatic carbocycles. The average molecular weight is 253 g/mol. The highest BCUT2D eigenvalue weighted by atomic mass is 32.2. The molecule has 1 aromatic heterocycles. The number of primary sulfonamides is 1. The highest BCUT2D eigenvalue weighted by molar-refractivity contribution is 7.89.